The number of aromatic nitrogens is 2. The first-order chi connectivity index (χ1) is 6.86. The normalized spacial score (nSPS) is 9.29. The number of aliphatic hydroxyl groups is 2. The van der Waals surface area contributed by atoms with Gasteiger partial charge < -0.3 is 10.2 Å². The lowest BCUT2D eigenvalue weighted by atomic mass is 10.6. The lowest BCUT2D eigenvalue weighted by Gasteiger charge is -1.76. The molecule has 0 unspecified atom stereocenters. The van der Waals surface area contributed by atoms with Crippen LogP contribution in [-0.4, -0.2) is 20.2 Å². The lowest BCUT2D eigenvalue weighted by molar-refractivity contribution is 0.285. The van der Waals surface area contributed by atoms with Crippen molar-refractivity contribution >= 4 is 22.7 Å². The summed E-state index contributed by atoms with van der Waals surface area (Å²) in [5.41, 5.74) is 3.40. The molecule has 2 rings (SSSR count). The summed E-state index contributed by atoms with van der Waals surface area (Å²) in [6.07, 6.45) is 3.31. The molecule has 2 aromatic heterocycles. The van der Waals surface area contributed by atoms with Crippen LogP contribution in [0.4, 0.5) is 0 Å². The van der Waals surface area contributed by atoms with Crippen molar-refractivity contribution in [3.8, 4) is 0 Å². The first-order valence-electron chi connectivity index (χ1n) is 3.83. The Balaban J connectivity index is 0.000000140. The van der Waals surface area contributed by atoms with Crippen molar-refractivity contribution in [2.45, 2.75) is 13.2 Å². The molecule has 0 aliphatic heterocycles. The van der Waals surface area contributed by atoms with Crippen LogP contribution in [0.1, 0.15) is 9.75 Å². The number of thiazole rings is 2. The van der Waals surface area contributed by atoms with Gasteiger partial charge in [0.15, 0.2) is 0 Å². The second-order valence-electron chi connectivity index (χ2n) is 2.25. The Kier molecular flexibility index (Phi) is 5.31. The maximum Gasteiger partial charge on any atom is 0.0795 e. The Bertz CT molecular complexity index is 287. The fourth-order valence-electron chi connectivity index (χ4n) is 0.640. The van der Waals surface area contributed by atoms with E-state index >= 15 is 0 Å². The average molecular weight is 230 g/mol. The lowest BCUT2D eigenvalue weighted by Crippen LogP contribution is -1.70. The van der Waals surface area contributed by atoms with Crippen LogP contribution in [0, 0.1) is 0 Å². The molecule has 76 valence electrons. The van der Waals surface area contributed by atoms with Crippen LogP contribution in [-0.2, 0) is 13.2 Å². The Labute approximate surface area is 89.5 Å². The monoisotopic (exact) mass is 230 g/mol. The zero-order valence-electron chi connectivity index (χ0n) is 7.33. The second-order valence-corrected chi connectivity index (χ2v) is 4.19. The summed E-state index contributed by atoms with van der Waals surface area (Å²) >= 11 is 2.92. The predicted molar refractivity (Wildman–Crippen MR) is 56.1 cm³/mol. The molecule has 0 saturated carbocycles. The number of aliphatic hydroxyl groups excluding tert-OH is 2. The standard InChI is InChI=1S/2C4H5NOS/c2*6-2-4-1-5-3-7-4/h2*1,3,6H,2H2. The van der Waals surface area contributed by atoms with Gasteiger partial charge in [0.2, 0.25) is 0 Å². The Morgan fingerprint density at radius 1 is 0.929 bits per heavy atom. The summed E-state index contributed by atoms with van der Waals surface area (Å²) < 4.78 is 0. The molecule has 0 aliphatic carbocycles. The summed E-state index contributed by atoms with van der Waals surface area (Å²) in [6.45, 7) is 0.231. The van der Waals surface area contributed by atoms with Crippen molar-refractivity contribution in [2.24, 2.45) is 0 Å². The van der Waals surface area contributed by atoms with E-state index in [0.717, 1.165) is 9.75 Å². The van der Waals surface area contributed by atoms with E-state index in [1.54, 1.807) is 23.4 Å². The van der Waals surface area contributed by atoms with E-state index in [1.807, 2.05) is 0 Å². The molecule has 2 aromatic rings. The van der Waals surface area contributed by atoms with Crippen LogP contribution in [0.15, 0.2) is 23.4 Å². The van der Waals surface area contributed by atoms with E-state index in [-0.39, 0.29) is 13.2 Å². The van der Waals surface area contributed by atoms with Gasteiger partial charge >= 0.3 is 0 Å². The van der Waals surface area contributed by atoms with Crippen molar-refractivity contribution in [1.82, 2.24) is 9.97 Å². The van der Waals surface area contributed by atoms with Crippen LogP contribution in [0.2, 0.25) is 0 Å². The van der Waals surface area contributed by atoms with Gasteiger partial charge in [-0.05, 0) is 0 Å². The maximum atomic E-state index is 8.40. The minimum absolute atomic E-state index is 0.116. The first kappa shape index (κ1) is 11.3. The van der Waals surface area contributed by atoms with Crippen LogP contribution < -0.4 is 0 Å². The van der Waals surface area contributed by atoms with Crippen LogP contribution in [0.3, 0.4) is 0 Å². The third-order valence-electron chi connectivity index (χ3n) is 1.28. The van der Waals surface area contributed by atoms with Gasteiger partial charge in [-0.25, -0.2) is 0 Å². The minimum Gasteiger partial charge on any atom is -0.391 e. The maximum absolute atomic E-state index is 8.40. The van der Waals surface area contributed by atoms with Gasteiger partial charge in [0.1, 0.15) is 0 Å². The summed E-state index contributed by atoms with van der Waals surface area (Å²) in [5.74, 6) is 0. The van der Waals surface area contributed by atoms with E-state index in [1.165, 1.54) is 22.7 Å². The molecule has 2 N–H and O–H groups in total. The van der Waals surface area contributed by atoms with Gasteiger partial charge in [-0.2, -0.15) is 0 Å². The summed E-state index contributed by atoms with van der Waals surface area (Å²) in [4.78, 5) is 9.34. The zero-order valence-corrected chi connectivity index (χ0v) is 8.96. The molecule has 0 spiro atoms. The molecule has 0 saturated heterocycles. The number of nitrogens with zero attached hydrogens (tertiary/aromatic N) is 2. The van der Waals surface area contributed by atoms with Crippen LogP contribution >= 0.6 is 22.7 Å². The molecule has 0 aliphatic rings. The van der Waals surface area contributed by atoms with Crippen LogP contribution in [0.5, 0.6) is 0 Å². The zero-order chi connectivity index (χ0) is 10.2. The summed E-state index contributed by atoms with van der Waals surface area (Å²) in [7, 11) is 0. The van der Waals surface area contributed by atoms with Crippen molar-refractivity contribution in [1.29, 1.82) is 0 Å². The van der Waals surface area contributed by atoms with Crippen LogP contribution in [0.25, 0.3) is 0 Å². The molecule has 6 heteroatoms. The molecule has 0 fully saturated rings. The SMILES string of the molecule is OCc1cncs1.OCc1cncs1. The van der Waals surface area contributed by atoms with Crippen molar-refractivity contribution < 1.29 is 10.2 Å². The fourth-order valence-corrected chi connectivity index (χ4v) is 1.55. The quantitative estimate of drug-likeness (QED) is 0.815. The molecule has 14 heavy (non-hydrogen) atoms. The highest BCUT2D eigenvalue weighted by molar-refractivity contribution is 7.09. The molecule has 0 amide bonds. The van der Waals surface area contributed by atoms with E-state index in [9.17, 15) is 0 Å². The average Bonchev–Trinajstić information content (AvgIpc) is 2.92. The molecule has 2 heterocycles. The first-order valence-corrected chi connectivity index (χ1v) is 5.59. The van der Waals surface area contributed by atoms with E-state index in [0.29, 0.717) is 0 Å². The van der Waals surface area contributed by atoms with E-state index in [2.05, 4.69) is 9.97 Å². The van der Waals surface area contributed by atoms with Crippen molar-refractivity contribution in [3.05, 3.63) is 33.2 Å². The molecular weight excluding hydrogens is 220 g/mol. The van der Waals surface area contributed by atoms with Crippen molar-refractivity contribution in [3.63, 3.8) is 0 Å². The Hall–Kier alpha value is -0.820. The third kappa shape index (κ3) is 3.93. The van der Waals surface area contributed by atoms with E-state index in [4.69, 9.17) is 10.2 Å². The topological polar surface area (TPSA) is 66.2 Å². The molecule has 4 nitrogen and oxygen atoms in total. The predicted octanol–water partition coefficient (Wildman–Crippen LogP) is 1.27. The van der Waals surface area contributed by atoms with Gasteiger partial charge in [0.05, 0.1) is 24.2 Å². The van der Waals surface area contributed by atoms with E-state index < -0.39 is 0 Å². The molecule has 0 atom stereocenters. The van der Waals surface area contributed by atoms with Gasteiger partial charge in [-0.1, -0.05) is 0 Å². The smallest absolute Gasteiger partial charge is 0.0795 e. The largest absolute Gasteiger partial charge is 0.391 e. The minimum atomic E-state index is 0.116. The molecule has 0 radical (unpaired) electrons. The second kappa shape index (κ2) is 6.61. The number of rotatable bonds is 2. The number of hydrogen-bond acceptors (Lipinski definition) is 6. The molecular formula is C8H10N2O2S2. The highest BCUT2D eigenvalue weighted by Gasteiger charge is 1.86. The van der Waals surface area contributed by atoms with Gasteiger partial charge in [-0.15, -0.1) is 22.7 Å². The van der Waals surface area contributed by atoms with Gasteiger partial charge in [-0.3, -0.25) is 9.97 Å². The van der Waals surface area contributed by atoms with Gasteiger partial charge in [0, 0.05) is 22.1 Å². The Morgan fingerprint density at radius 2 is 1.36 bits per heavy atom. The van der Waals surface area contributed by atoms with Crippen molar-refractivity contribution in [2.75, 3.05) is 0 Å². The number of hydrogen-bond donors (Lipinski definition) is 2. The highest BCUT2D eigenvalue weighted by atomic mass is 32.1. The fraction of sp³-hybridized carbons (Fsp3) is 0.250. The third-order valence-corrected chi connectivity index (χ3v) is 2.81. The summed E-state index contributed by atoms with van der Waals surface area (Å²) in [6, 6.07) is 0. The Morgan fingerprint density at radius 3 is 1.50 bits per heavy atom. The summed E-state index contributed by atoms with van der Waals surface area (Å²) in [5, 5.41) is 16.8. The van der Waals surface area contributed by atoms with Gasteiger partial charge in [0.25, 0.3) is 0 Å². The highest BCUT2D eigenvalue weighted by Crippen LogP contribution is 2.03. The molecule has 0 bridgehead atoms. The molecule has 0 aromatic carbocycles.